The fourth-order valence-electron chi connectivity index (χ4n) is 2.23. The minimum atomic E-state index is 0.171. The van der Waals surface area contributed by atoms with E-state index < -0.39 is 0 Å². The molecule has 1 unspecified atom stereocenters. The standard InChI is InChI=1S/C13H20N2.C2H6/c14-13(12-7-3-1-4-8-12)11-15-9-5-2-6-10-15;1-2/h1,3-4,7-8,13H,2,5-6,9-11,14H2;1-2H3. The van der Waals surface area contributed by atoms with Crippen molar-refractivity contribution in [2.45, 2.75) is 39.2 Å². The molecule has 0 bridgehead atoms. The zero-order valence-corrected chi connectivity index (χ0v) is 11.2. The van der Waals surface area contributed by atoms with Crippen molar-refractivity contribution in [1.29, 1.82) is 0 Å². The SMILES string of the molecule is CC.NC(CN1CCCCC1)c1ccccc1. The highest BCUT2D eigenvalue weighted by Gasteiger charge is 2.14. The van der Waals surface area contributed by atoms with Crippen LogP contribution in [-0.2, 0) is 0 Å². The lowest BCUT2D eigenvalue weighted by atomic mass is 10.1. The van der Waals surface area contributed by atoms with Gasteiger partial charge in [0.1, 0.15) is 0 Å². The molecule has 1 heterocycles. The molecule has 2 N–H and O–H groups in total. The van der Waals surface area contributed by atoms with Gasteiger partial charge in [-0.3, -0.25) is 0 Å². The van der Waals surface area contributed by atoms with E-state index in [-0.39, 0.29) is 6.04 Å². The van der Waals surface area contributed by atoms with E-state index in [1.807, 2.05) is 19.9 Å². The van der Waals surface area contributed by atoms with Crippen LogP contribution in [0.4, 0.5) is 0 Å². The van der Waals surface area contributed by atoms with Gasteiger partial charge < -0.3 is 10.6 Å². The Morgan fingerprint density at radius 2 is 1.65 bits per heavy atom. The first-order chi connectivity index (χ1) is 8.36. The fourth-order valence-corrected chi connectivity index (χ4v) is 2.23. The third kappa shape index (κ3) is 4.88. The summed E-state index contributed by atoms with van der Waals surface area (Å²) in [5.74, 6) is 0. The van der Waals surface area contributed by atoms with Crippen LogP contribution >= 0.6 is 0 Å². The molecule has 2 nitrogen and oxygen atoms in total. The highest BCUT2D eigenvalue weighted by molar-refractivity contribution is 5.18. The smallest absolute Gasteiger partial charge is 0.0424 e. The van der Waals surface area contributed by atoms with Gasteiger partial charge in [-0.15, -0.1) is 0 Å². The van der Waals surface area contributed by atoms with Gasteiger partial charge in [-0.1, -0.05) is 50.6 Å². The van der Waals surface area contributed by atoms with Crippen LogP contribution in [0.15, 0.2) is 30.3 Å². The van der Waals surface area contributed by atoms with E-state index >= 15 is 0 Å². The molecular weight excluding hydrogens is 208 g/mol. The molecule has 1 atom stereocenters. The zero-order chi connectivity index (χ0) is 12.5. The predicted octanol–water partition coefficient (Wildman–Crippen LogP) is 3.20. The number of piperidine rings is 1. The number of benzene rings is 1. The number of hydrogen-bond donors (Lipinski definition) is 1. The van der Waals surface area contributed by atoms with Gasteiger partial charge in [0.2, 0.25) is 0 Å². The summed E-state index contributed by atoms with van der Waals surface area (Å²) in [5, 5.41) is 0. The van der Waals surface area contributed by atoms with Crippen LogP contribution in [0.5, 0.6) is 0 Å². The average molecular weight is 234 g/mol. The first-order valence-corrected chi connectivity index (χ1v) is 6.89. The molecule has 1 aliphatic heterocycles. The molecule has 1 saturated heterocycles. The Morgan fingerprint density at radius 3 is 2.24 bits per heavy atom. The molecule has 17 heavy (non-hydrogen) atoms. The summed E-state index contributed by atoms with van der Waals surface area (Å²) in [4.78, 5) is 2.49. The number of rotatable bonds is 3. The van der Waals surface area contributed by atoms with E-state index in [0.717, 1.165) is 6.54 Å². The van der Waals surface area contributed by atoms with Gasteiger partial charge in [-0.05, 0) is 31.5 Å². The van der Waals surface area contributed by atoms with E-state index in [4.69, 9.17) is 5.73 Å². The monoisotopic (exact) mass is 234 g/mol. The molecule has 0 spiro atoms. The Labute approximate surface area is 106 Å². The van der Waals surface area contributed by atoms with Crippen molar-refractivity contribution in [2.24, 2.45) is 5.73 Å². The molecule has 96 valence electrons. The Balaban J connectivity index is 0.000000686. The van der Waals surface area contributed by atoms with Crippen LogP contribution in [0, 0.1) is 0 Å². The lowest BCUT2D eigenvalue weighted by molar-refractivity contribution is 0.216. The topological polar surface area (TPSA) is 29.3 Å². The summed E-state index contributed by atoms with van der Waals surface area (Å²) in [5.41, 5.74) is 7.44. The summed E-state index contributed by atoms with van der Waals surface area (Å²) in [6.07, 6.45) is 4.06. The van der Waals surface area contributed by atoms with Gasteiger partial charge in [0.15, 0.2) is 0 Å². The largest absolute Gasteiger partial charge is 0.323 e. The van der Waals surface area contributed by atoms with E-state index in [2.05, 4.69) is 29.2 Å². The molecule has 1 aromatic carbocycles. The number of nitrogens with zero attached hydrogens (tertiary/aromatic N) is 1. The molecule has 0 aliphatic carbocycles. The number of likely N-dealkylation sites (tertiary alicyclic amines) is 1. The second-order valence-electron chi connectivity index (χ2n) is 4.38. The molecule has 2 heteroatoms. The van der Waals surface area contributed by atoms with Crippen molar-refractivity contribution in [3.8, 4) is 0 Å². The first kappa shape index (κ1) is 14.2. The summed E-state index contributed by atoms with van der Waals surface area (Å²) < 4.78 is 0. The highest BCUT2D eigenvalue weighted by Crippen LogP contribution is 2.15. The molecule has 0 saturated carbocycles. The van der Waals surface area contributed by atoms with E-state index in [1.54, 1.807) is 0 Å². The van der Waals surface area contributed by atoms with E-state index in [1.165, 1.54) is 37.9 Å². The van der Waals surface area contributed by atoms with Gasteiger partial charge in [-0.25, -0.2) is 0 Å². The fraction of sp³-hybridized carbons (Fsp3) is 0.600. The minimum Gasteiger partial charge on any atom is -0.323 e. The zero-order valence-electron chi connectivity index (χ0n) is 11.2. The summed E-state index contributed by atoms with van der Waals surface area (Å²) >= 11 is 0. The summed E-state index contributed by atoms with van der Waals surface area (Å²) in [6, 6.07) is 10.6. The van der Waals surface area contributed by atoms with Crippen molar-refractivity contribution in [3.63, 3.8) is 0 Å². The lowest BCUT2D eigenvalue weighted by Crippen LogP contribution is -2.36. The molecule has 1 aliphatic rings. The van der Waals surface area contributed by atoms with Crippen LogP contribution in [0.3, 0.4) is 0 Å². The van der Waals surface area contributed by atoms with Crippen molar-refractivity contribution >= 4 is 0 Å². The lowest BCUT2D eigenvalue weighted by Gasteiger charge is -2.29. The van der Waals surface area contributed by atoms with Gasteiger partial charge in [-0.2, -0.15) is 0 Å². The molecule has 1 aromatic rings. The maximum atomic E-state index is 6.18. The van der Waals surface area contributed by atoms with Crippen molar-refractivity contribution in [1.82, 2.24) is 4.90 Å². The molecule has 2 rings (SSSR count). The Bertz CT molecular complexity index is 278. The quantitative estimate of drug-likeness (QED) is 0.870. The van der Waals surface area contributed by atoms with E-state index in [0.29, 0.717) is 0 Å². The maximum absolute atomic E-state index is 6.18. The highest BCUT2D eigenvalue weighted by atomic mass is 15.1. The van der Waals surface area contributed by atoms with Crippen LogP contribution in [0.2, 0.25) is 0 Å². The van der Waals surface area contributed by atoms with Gasteiger partial charge in [0, 0.05) is 12.6 Å². The van der Waals surface area contributed by atoms with Crippen molar-refractivity contribution in [2.75, 3.05) is 19.6 Å². The number of hydrogen-bond acceptors (Lipinski definition) is 2. The van der Waals surface area contributed by atoms with Crippen LogP contribution in [-0.4, -0.2) is 24.5 Å². The summed E-state index contributed by atoms with van der Waals surface area (Å²) in [6.45, 7) is 7.45. The van der Waals surface area contributed by atoms with Gasteiger partial charge >= 0.3 is 0 Å². The van der Waals surface area contributed by atoms with Crippen molar-refractivity contribution in [3.05, 3.63) is 35.9 Å². The Morgan fingerprint density at radius 1 is 1.06 bits per heavy atom. The normalized spacial score (nSPS) is 18.1. The van der Waals surface area contributed by atoms with Crippen LogP contribution < -0.4 is 5.73 Å². The first-order valence-electron chi connectivity index (χ1n) is 6.89. The molecule has 0 amide bonds. The Kier molecular flexibility index (Phi) is 6.90. The Hall–Kier alpha value is -0.860. The predicted molar refractivity (Wildman–Crippen MR) is 75.0 cm³/mol. The maximum Gasteiger partial charge on any atom is 0.0424 e. The minimum absolute atomic E-state index is 0.171. The van der Waals surface area contributed by atoms with Crippen LogP contribution in [0.25, 0.3) is 0 Å². The van der Waals surface area contributed by atoms with Gasteiger partial charge in [0.25, 0.3) is 0 Å². The molecule has 1 fully saturated rings. The third-order valence-electron chi connectivity index (χ3n) is 3.13. The van der Waals surface area contributed by atoms with Crippen LogP contribution in [0.1, 0.15) is 44.7 Å². The molecule has 0 aromatic heterocycles. The summed E-state index contributed by atoms with van der Waals surface area (Å²) in [7, 11) is 0. The number of nitrogens with two attached hydrogens (primary N) is 1. The van der Waals surface area contributed by atoms with E-state index in [9.17, 15) is 0 Å². The van der Waals surface area contributed by atoms with Crippen molar-refractivity contribution < 1.29 is 0 Å². The van der Waals surface area contributed by atoms with Gasteiger partial charge in [0.05, 0.1) is 0 Å². The second kappa shape index (κ2) is 8.26. The average Bonchev–Trinajstić information content (AvgIpc) is 2.43. The third-order valence-corrected chi connectivity index (χ3v) is 3.13. The molecule has 0 radical (unpaired) electrons. The second-order valence-corrected chi connectivity index (χ2v) is 4.38. The molecular formula is C15H26N2.